The van der Waals surface area contributed by atoms with Crippen LogP contribution >= 0.6 is 0 Å². The summed E-state index contributed by atoms with van der Waals surface area (Å²) in [5.74, 6) is 0. The highest BCUT2D eigenvalue weighted by Gasteiger charge is 2.20. The van der Waals surface area contributed by atoms with Crippen molar-refractivity contribution < 1.29 is 8.83 Å². The molecule has 0 aliphatic carbocycles. The van der Waals surface area contributed by atoms with Crippen LogP contribution in [0.4, 0.5) is 0 Å². The van der Waals surface area contributed by atoms with E-state index in [0.29, 0.717) is 0 Å². The summed E-state index contributed by atoms with van der Waals surface area (Å²) in [6.45, 7) is 0. The van der Waals surface area contributed by atoms with Crippen LogP contribution in [-0.4, -0.2) is 4.57 Å². The van der Waals surface area contributed by atoms with Gasteiger partial charge in [-0.15, -0.1) is 0 Å². The van der Waals surface area contributed by atoms with Crippen LogP contribution in [0.5, 0.6) is 0 Å². The number of fused-ring (bicyclic) bond motifs is 8. The maximum atomic E-state index is 6.52. The van der Waals surface area contributed by atoms with E-state index in [0.717, 1.165) is 71.7 Å². The van der Waals surface area contributed by atoms with E-state index in [1.807, 2.05) is 6.07 Å². The van der Waals surface area contributed by atoms with Gasteiger partial charge in [-0.2, -0.15) is 0 Å². The Morgan fingerprint density at radius 2 is 1.07 bits per heavy atom. The van der Waals surface area contributed by atoms with E-state index >= 15 is 0 Å². The lowest BCUT2D eigenvalue weighted by atomic mass is 9.99. The highest BCUT2D eigenvalue weighted by Crippen LogP contribution is 2.42. The third-order valence-electron chi connectivity index (χ3n) is 8.20. The molecule has 3 nitrogen and oxygen atoms in total. The summed E-state index contributed by atoms with van der Waals surface area (Å²) in [7, 11) is 0. The summed E-state index contributed by atoms with van der Waals surface area (Å²) in [5.41, 5.74) is 11.4. The Balaban J connectivity index is 1.29. The van der Waals surface area contributed by atoms with Gasteiger partial charge < -0.3 is 13.4 Å². The molecule has 0 bridgehead atoms. The molecule has 0 saturated carbocycles. The van der Waals surface area contributed by atoms with E-state index in [1.54, 1.807) is 0 Å². The molecule has 0 radical (unpaired) electrons. The van der Waals surface area contributed by atoms with Gasteiger partial charge >= 0.3 is 0 Å². The molecule has 0 amide bonds. The number of aromatic nitrogens is 1. The smallest absolute Gasteiger partial charge is 0.161 e. The summed E-state index contributed by atoms with van der Waals surface area (Å²) in [4.78, 5) is 0. The fourth-order valence-corrected chi connectivity index (χ4v) is 6.32. The SMILES string of the molecule is c1ccc(-c2ccc3oc4c(-c5ccc6oc7c8ccccc8n(-c8ccccc8)c7c6c5)cccc4c3c2)cc1. The highest BCUT2D eigenvalue weighted by molar-refractivity contribution is 6.17. The van der Waals surface area contributed by atoms with Crippen LogP contribution in [0.2, 0.25) is 0 Å². The van der Waals surface area contributed by atoms with Crippen LogP contribution in [0.3, 0.4) is 0 Å². The summed E-state index contributed by atoms with van der Waals surface area (Å²) in [6.07, 6.45) is 0. The van der Waals surface area contributed by atoms with Gasteiger partial charge in [-0.3, -0.25) is 0 Å². The first-order valence-electron chi connectivity index (χ1n) is 13.9. The van der Waals surface area contributed by atoms with E-state index in [9.17, 15) is 0 Å². The average Bonchev–Trinajstić information content (AvgIpc) is 3.70. The van der Waals surface area contributed by atoms with Crippen molar-refractivity contribution in [1.82, 2.24) is 4.57 Å². The van der Waals surface area contributed by atoms with Crippen LogP contribution in [0.15, 0.2) is 148 Å². The molecular weight excluding hydrogens is 502 g/mol. The first kappa shape index (κ1) is 22.3. The number of hydrogen-bond donors (Lipinski definition) is 0. The lowest BCUT2D eigenvalue weighted by Gasteiger charge is -2.08. The van der Waals surface area contributed by atoms with Gasteiger partial charge in [0, 0.05) is 32.8 Å². The number of rotatable bonds is 3. The van der Waals surface area contributed by atoms with Crippen LogP contribution in [0.1, 0.15) is 0 Å². The lowest BCUT2D eigenvalue weighted by molar-refractivity contribution is 0.669. The first-order chi connectivity index (χ1) is 20.3. The molecule has 0 spiro atoms. The van der Waals surface area contributed by atoms with E-state index in [2.05, 4.69) is 138 Å². The summed E-state index contributed by atoms with van der Waals surface area (Å²) in [6, 6.07) is 48.8. The van der Waals surface area contributed by atoms with E-state index in [1.165, 1.54) is 11.1 Å². The highest BCUT2D eigenvalue weighted by atomic mass is 16.3. The minimum atomic E-state index is 0.874. The quantitative estimate of drug-likeness (QED) is 0.230. The fourth-order valence-electron chi connectivity index (χ4n) is 6.32. The Kier molecular flexibility index (Phi) is 4.61. The second kappa shape index (κ2) is 8.48. The zero-order chi connectivity index (χ0) is 26.9. The summed E-state index contributed by atoms with van der Waals surface area (Å²) in [5, 5.41) is 4.43. The molecule has 0 saturated heterocycles. The number of benzene rings is 6. The van der Waals surface area contributed by atoms with Crippen molar-refractivity contribution >= 4 is 54.9 Å². The molecule has 0 fully saturated rings. The molecule has 0 N–H and O–H groups in total. The zero-order valence-electron chi connectivity index (χ0n) is 22.0. The van der Waals surface area contributed by atoms with E-state index in [4.69, 9.17) is 8.83 Å². The largest absolute Gasteiger partial charge is 0.455 e. The van der Waals surface area contributed by atoms with Crippen molar-refractivity contribution in [3.05, 3.63) is 140 Å². The molecule has 0 aliphatic rings. The molecule has 0 unspecified atom stereocenters. The summed E-state index contributed by atoms with van der Waals surface area (Å²) >= 11 is 0. The van der Waals surface area contributed by atoms with Gasteiger partial charge in [0.25, 0.3) is 0 Å². The van der Waals surface area contributed by atoms with Gasteiger partial charge in [0.2, 0.25) is 0 Å². The van der Waals surface area contributed by atoms with Crippen molar-refractivity contribution in [2.45, 2.75) is 0 Å². The van der Waals surface area contributed by atoms with Crippen molar-refractivity contribution in [3.8, 4) is 27.9 Å². The standard InChI is InChI=1S/C38H23NO2/c1-3-10-24(11-4-1)25-18-20-34-31(22-25)29-16-9-15-28(37(29)40-34)26-19-21-35-32(23-26)36-38(41-35)30-14-7-8-17-33(30)39(36)27-12-5-2-6-13-27/h1-23H. The fraction of sp³-hybridized carbons (Fsp3) is 0. The number of nitrogens with zero attached hydrogens (tertiary/aromatic N) is 1. The molecule has 3 aromatic heterocycles. The van der Waals surface area contributed by atoms with E-state index < -0.39 is 0 Å². The van der Waals surface area contributed by atoms with E-state index in [-0.39, 0.29) is 0 Å². The minimum Gasteiger partial charge on any atom is -0.455 e. The number of furan rings is 2. The van der Waals surface area contributed by atoms with Crippen molar-refractivity contribution in [1.29, 1.82) is 0 Å². The second-order valence-electron chi connectivity index (χ2n) is 10.5. The van der Waals surface area contributed by atoms with Gasteiger partial charge in [0.1, 0.15) is 22.3 Å². The van der Waals surface area contributed by atoms with Crippen LogP contribution < -0.4 is 0 Å². The van der Waals surface area contributed by atoms with Crippen molar-refractivity contribution in [3.63, 3.8) is 0 Å². The van der Waals surface area contributed by atoms with Gasteiger partial charge in [-0.05, 0) is 65.2 Å². The zero-order valence-corrected chi connectivity index (χ0v) is 22.0. The molecule has 9 aromatic rings. The van der Waals surface area contributed by atoms with Crippen LogP contribution in [0.25, 0.3) is 82.9 Å². The molecule has 192 valence electrons. The van der Waals surface area contributed by atoms with Gasteiger partial charge in [0.15, 0.2) is 5.58 Å². The lowest BCUT2D eigenvalue weighted by Crippen LogP contribution is -1.92. The first-order valence-corrected chi connectivity index (χ1v) is 13.9. The molecule has 3 heteroatoms. The molecule has 0 aliphatic heterocycles. The molecule has 0 atom stereocenters. The predicted octanol–water partition coefficient (Wildman–Crippen LogP) is 10.8. The minimum absolute atomic E-state index is 0.874. The second-order valence-corrected chi connectivity index (χ2v) is 10.5. The Labute approximate surface area is 235 Å². The molecule has 41 heavy (non-hydrogen) atoms. The number of para-hydroxylation sites is 3. The van der Waals surface area contributed by atoms with Gasteiger partial charge in [-0.25, -0.2) is 0 Å². The molecule has 9 rings (SSSR count). The summed E-state index contributed by atoms with van der Waals surface area (Å²) < 4.78 is 15.3. The Hall–Kier alpha value is -5.54. The molecular formula is C38H23NO2. The van der Waals surface area contributed by atoms with Crippen LogP contribution in [-0.2, 0) is 0 Å². The van der Waals surface area contributed by atoms with Gasteiger partial charge in [0.05, 0.1) is 5.52 Å². The Morgan fingerprint density at radius 3 is 1.93 bits per heavy atom. The van der Waals surface area contributed by atoms with Gasteiger partial charge in [-0.1, -0.05) is 91.0 Å². The topological polar surface area (TPSA) is 31.2 Å². The monoisotopic (exact) mass is 525 g/mol. The molecule has 6 aromatic carbocycles. The average molecular weight is 526 g/mol. The van der Waals surface area contributed by atoms with Crippen molar-refractivity contribution in [2.75, 3.05) is 0 Å². The maximum absolute atomic E-state index is 6.52. The number of hydrogen-bond acceptors (Lipinski definition) is 2. The predicted molar refractivity (Wildman–Crippen MR) is 169 cm³/mol. The van der Waals surface area contributed by atoms with Crippen molar-refractivity contribution in [2.24, 2.45) is 0 Å². The normalized spacial score (nSPS) is 11.9. The maximum Gasteiger partial charge on any atom is 0.161 e. The third-order valence-corrected chi connectivity index (χ3v) is 8.20. The molecule has 3 heterocycles. The Morgan fingerprint density at radius 1 is 0.415 bits per heavy atom. The Bertz CT molecular complexity index is 2410. The van der Waals surface area contributed by atoms with Crippen LogP contribution in [0, 0.1) is 0 Å². The third kappa shape index (κ3) is 3.26.